The van der Waals surface area contributed by atoms with Crippen LogP contribution in [0.4, 0.5) is 5.95 Å². The van der Waals surface area contributed by atoms with E-state index in [-0.39, 0.29) is 0 Å². The largest absolute Gasteiger partial charge is 0.356 e. The van der Waals surface area contributed by atoms with Gasteiger partial charge in [0.1, 0.15) is 0 Å². The fraction of sp³-hybridized carbons (Fsp3) is 0.375. The van der Waals surface area contributed by atoms with Crippen LogP contribution < -0.4 is 11.1 Å². The highest BCUT2D eigenvalue weighted by atomic mass is 15.2. The molecular weight excluding hydrogens is 180 g/mol. The van der Waals surface area contributed by atoms with E-state index in [1.807, 2.05) is 6.07 Å². The minimum atomic E-state index is 0.628. The second-order valence-electron chi connectivity index (χ2n) is 2.92. The Kier molecular flexibility index (Phi) is 2.55. The van der Waals surface area contributed by atoms with Crippen molar-refractivity contribution in [2.75, 3.05) is 18.4 Å². The SMILES string of the molecule is NCCCNc1nc2nnccc2[nH]1. The Balaban J connectivity index is 2.11. The van der Waals surface area contributed by atoms with Crippen molar-refractivity contribution >= 4 is 17.1 Å². The second-order valence-corrected chi connectivity index (χ2v) is 2.92. The summed E-state index contributed by atoms with van der Waals surface area (Å²) in [6, 6.07) is 1.84. The molecule has 0 aromatic carbocycles. The van der Waals surface area contributed by atoms with E-state index >= 15 is 0 Å². The number of imidazole rings is 1. The van der Waals surface area contributed by atoms with E-state index in [0.29, 0.717) is 18.1 Å². The Morgan fingerprint density at radius 3 is 3.21 bits per heavy atom. The first-order valence-electron chi connectivity index (χ1n) is 4.51. The first-order chi connectivity index (χ1) is 6.90. The van der Waals surface area contributed by atoms with Crippen molar-refractivity contribution in [1.82, 2.24) is 20.2 Å². The summed E-state index contributed by atoms with van der Waals surface area (Å²) < 4.78 is 0. The molecule has 74 valence electrons. The van der Waals surface area contributed by atoms with E-state index in [0.717, 1.165) is 18.5 Å². The van der Waals surface area contributed by atoms with E-state index in [2.05, 4.69) is 25.5 Å². The Morgan fingerprint density at radius 1 is 1.50 bits per heavy atom. The van der Waals surface area contributed by atoms with Crippen molar-refractivity contribution in [3.63, 3.8) is 0 Å². The lowest BCUT2D eigenvalue weighted by Gasteiger charge is -1.98. The monoisotopic (exact) mass is 192 g/mol. The van der Waals surface area contributed by atoms with Gasteiger partial charge in [-0.25, -0.2) is 0 Å². The Labute approximate surface area is 80.9 Å². The molecule has 0 saturated carbocycles. The number of hydrogen-bond donors (Lipinski definition) is 3. The molecular formula is C8H12N6. The summed E-state index contributed by atoms with van der Waals surface area (Å²) in [5.74, 6) is 0.717. The number of aromatic amines is 1. The molecule has 14 heavy (non-hydrogen) atoms. The Hall–Kier alpha value is -1.69. The Morgan fingerprint density at radius 2 is 2.43 bits per heavy atom. The number of fused-ring (bicyclic) bond motifs is 1. The minimum Gasteiger partial charge on any atom is -0.356 e. The molecule has 0 aliphatic rings. The molecule has 0 radical (unpaired) electrons. The molecule has 0 aliphatic carbocycles. The van der Waals surface area contributed by atoms with E-state index in [4.69, 9.17) is 5.73 Å². The highest BCUT2D eigenvalue weighted by Crippen LogP contribution is 2.09. The molecule has 0 saturated heterocycles. The van der Waals surface area contributed by atoms with Crippen molar-refractivity contribution in [3.05, 3.63) is 12.3 Å². The van der Waals surface area contributed by atoms with Crippen molar-refractivity contribution in [3.8, 4) is 0 Å². The number of H-pyrrole nitrogens is 1. The lowest BCUT2D eigenvalue weighted by Crippen LogP contribution is -2.09. The molecule has 0 unspecified atom stereocenters. The lowest BCUT2D eigenvalue weighted by molar-refractivity contribution is 0.867. The van der Waals surface area contributed by atoms with Gasteiger partial charge < -0.3 is 16.0 Å². The van der Waals surface area contributed by atoms with Gasteiger partial charge in [-0.3, -0.25) is 0 Å². The molecule has 0 spiro atoms. The highest BCUT2D eigenvalue weighted by Gasteiger charge is 2.01. The topological polar surface area (TPSA) is 92.5 Å². The molecule has 0 atom stereocenters. The van der Waals surface area contributed by atoms with Crippen LogP contribution in [0.15, 0.2) is 12.3 Å². The first kappa shape index (κ1) is 8.89. The zero-order valence-electron chi connectivity index (χ0n) is 7.70. The second kappa shape index (κ2) is 4.01. The van der Waals surface area contributed by atoms with Gasteiger partial charge in [0.2, 0.25) is 11.6 Å². The normalized spacial score (nSPS) is 10.6. The Bertz CT molecular complexity index is 376. The predicted octanol–water partition coefficient (Wildman–Crippen LogP) is 0.114. The maximum atomic E-state index is 5.37. The predicted molar refractivity (Wildman–Crippen MR) is 53.8 cm³/mol. The fourth-order valence-corrected chi connectivity index (χ4v) is 1.16. The van der Waals surface area contributed by atoms with Gasteiger partial charge in [0.25, 0.3) is 0 Å². The number of rotatable bonds is 4. The fourth-order valence-electron chi connectivity index (χ4n) is 1.16. The number of hydrogen-bond acceptors (Lipinski definition) is 5. The van der Waals surface area contributed by atoms with E-state index in [1.54, 1.807) is 6.20 Å². The first-order valence-corrected chi connectivity index (χ1v) is 4.51. The van der Waals surface area contributed by atoms with Crippen LogP contribution in [0, 0.1) is 0 Å². The summed E-state index contributed by atoms with van der Waals surface area (Å²) in [6.45, 7) is 1.48. The van der Waals surface area contributed by atoms with E-state index < -0.39 is 0 Å². The third-order valence-corrected chi connectivity index (χ3v) is 1.85. The standard InChI is InChI=1S/C8H12N6/c9-3-1-4-10-8-12-6-2-5-11-14-7(6)13-8/h2,5H,1,3-4,9H2,(H2,10,12,13,14). The number of nitrogens with one attached hydrogen (secondary N) is 2. The lowest BCUT2D eigenvalue weighted by atomic mass is 10.4. The summed E-state index contributed by atoms with van der Waals surface area (Å²) in [6.07, 6.45) is 2.55. The van der Waals surface area contributed by atoms with Gasteiger partial charge in [-0.1, -0.05) is 0 Å². The van der Waals surface area contributed by atoms with Crippen LogP contribution >= 0.6 is 0 Å². The maximum Gasteiger partial charge on any atom is 0.202 e. The molecule has 0 amide bonds. The number of anilines is 1. The molecule has 2 aromatic heterocycles. The molecule has 2 heterocycles. The van der Waals surface area contributed by atoms with Crippen molar-refractivity contribution in [1.29, 1.82) is 0 Å². The molecule has 4 N–H and O–H groups in total. The number of nitrogens with zero attached hydrogens (tertiary/aromatic N) is 3. The van der Waals surface area contributed by atoms with Gasteiger partial charge in [0, 0.05) is 6.54 Å². The number of nitrogens with two attached hydrogens (primary N) is 1. The summed E-state index contributed by atoms with van der Waals surface area (Å²) >= 11 is 0. The molecule has 6 heteroatoms. The van der Waals surface area contributed by atoms with Crippen LogP contribution in [0.1, 0.15) is 6.42 Å². The van der Waals surface area contributed by atoms with Gasteiger partial charge in [-0.05, 0) is 19.0 Å². The summed E-state index contributed by atoms with van der Waals surface area (Å²) in [4.78, 5) is 7.29. The average molecular weight is 192 g/mol. The molecule has 0 bridgehead atoms. The smallest absolute Gasteiger partial charge is 0.202 e. The zero-order chi connectivity index (χ0) is 9.80. The van der Waals surface area contributed by atoms with Gasteiger partial charge >= 0.3 is 0 Å². The minimum absolute atomic E-state index is 0.628. The van der Waals surface area contributed by atoms with Crippen LogP contribution in [-0.4, -0.2) is 33.3 Å². The van der Waals surface area contributed by atoms with Crippen LogP contribution in [-0.2, 0) is 0 Å². The summed E-state index contributed by atoms with van der Waals surface area (Å²) in [7, 11) is 0. The van der Waals surface area contributed by atoms with Crippen LogP contribution in [0.5, 0.6) is 0 Å². The summed E-state index contributed by atoms with van der Waals surface area (Å²) in [5.41, 5.74) is 6.89. The zero-order valence-corrected chi connectivity index (χ0v) is 7.70. The molecule has 0 aliphatic heterocycles. The highest BCUT2D eigenvalue weighted by molar-refractivity contribution is 5.72. The summed E-state index contributed by atoms with van der Waals surface area (Å²) in [5, 5.41) is 10.7. The number of aromatic nitrogens is 4. The molecule has 2 rings (SSSR count). The maximum absolute atomic E-state index is 5.37. The van der Waals surface area contributed by atoms with E-state index in [1.165, 1.54) is 0 Å². The van der Waals surface area contributed by atoms with Gasteiger partial charge in [0.05, 0.1) is 11.7 Å². The van der Waals surface area contributed by atoms with Gasteiger partial charge in [-0.2, -0.15) is 10.1 Å². The third kappa shape index (κ3) is 1.80. The van der Waals surface area contributed by atoms with Crippen molar-refractivity contribution in [2.45, 2.75) is 6.42 Å². The van der Waals surface area contributed by atoms with Crippen LogP contribution in [0.25, 0.3) is 11.2 Å². The van der Waals surface area contributed by atoms with Gasteiger partial charge in [-0.15, -0.1) is 5.10 Å². The molecule has 0 fully saturated rings. The van der Waals surface area contributed by atoms with Crippen LogP contribution in [0.2, 0.25) is 0 Å². The van der Waals surface area contributed by atoms with Crippen LogP contribution in [0.3, 0.4) is 0 Å². The quantitative estimate of drug-likeness (QED) is 0.598. The van der Waals surface area contributed by atoms with Crippen molar-refractivity contribution < 1.29 is 0 Å². The van der Waals surface area contributed by atoms with E-state index in [9.17, 15) is 0 Å². The van der Waals surface area contributed by atoms with Gasteiger partial charge in [0.15, 0.2) is 0 Å². The van der Waals surface area contributed by atoms with Crippen molar-refractivity contribution in [2.24, 2.45) is 5.73 Å². The third-order valence-electron chi connectivity index (χ3n) is 1.85. The average Bonchev–Trinajstić information content (AvgIpc) is 2.60. The molecule has 2 aromatic rings. The molecule has 6 nitrogen and oxygen atoms in total.